The van der Waals surface area contributed by atoms with E-state index < -0.39 is 10.8 Å². The van der Waals surface area contributed by atoms with Gasteiger partial charge in [-0.15, -0.1) is 0 Å². The molecule has 0 bridgehead atoms. The van der Waals surface area contributed by atoms with Crippen molar-refractivity contribution in [2.75, 3.05) is 12.0 Å². The van der Waals surface area contributed by atoms with Gasteiger partial charge in [-0.25, -0.2) is 0 Å². The van der Waals surface area contributed by atoms with Crippen LogP contribution in [-0.2, 0) is 11.4 Å². The number of nitro groups is 1. The van der Waals surface area contributed by atoms with E-state index in [1.165, 1.54) is 24.1 Å². The van der Waals surface area contributed by atoms with Gasteiger partial charge >= 0.3 is 0 Å². The number of hydrogen-bond donors (Lipinski definition) is 1. The summed E-state index contributed by atoms with van der Waals surface area (Å²) in [6.45, 7) is 6.08. The van der Waals surface area contributed by atoms with E-state index in [1.807, 2.05) is 45.0 Å². The van der Waals surface area contributed by atoms with Gasteiger partial charge in [-0.05, 0) is 86.2 Å². The fourth-order valence-corrected chi connectivity index (χ4v) is 6.21. The number of anilines is 1. The van der Waals surface area contributed by atoms with Gasteiger partial charge in [-0.2, -0.15) is 5.26 Å². The number of halogens is 1. The first-order valence-corrected chi connectivity index (χ1v) is 14.2. The van der Waals surface area contributed by atoms with Gasteiger partial charge in [0.15, 0.2) is 5.78 Å². The zero-order valence-electron chi connectivity index (χ0n) is 24.4. The van der Waals surface area contributed by atoms with Gasteiger partial charge in [-0.1, -0.05) is 29.3 Å². The second-order valence-electron chi connectivity index (χ2n) is 10.8. The van der Waals surface area contributed by atoms with Crippen LogP contribution in [0.2, 0.25) is 5.02 Å². The topological polar surface area (TPSA) is 132 Å². The van der Waals surface area contributed by atoms with Crippen molar-refractivity contribution in [1.82, 2.24) is 0 Å². The Morgan fingerprint density at radius 1 is 1.14 bits per heavy atom. The van der Waals surface area contributed by atoms with Crippen LogP contribution >= 0.6 is 11.6 Å². The van der Waals surface area contributed by atoms with Crippen LogP contribution in [0.1, 0.15) is 53.0 Å². The molecule has 9 nitrogen and oxygen atoms in total. The van der Waals surface area contributed by atoms with Gasteiger partial charge in [0.25, 0.3) is 5.69 Å². The molecule has 1 aliphatic carbocycles. The van der Waals surface area contributed by atoms with Gasteiger partial charge in [0.2, 0.25) is 0 Å². The molecule has 0 aromatic heterocycles. The fourth-order valence-electron chi connectivity index (χ4n) is 5.98. The molecule has 10 heteroatoms. The van der Waals surface area contributed by atoms with Crippen LogP contribution in [0.4, 0.5) is 11.4 Å². The van der Waals surface area contributed by atoms with Gasteiger partial charge < -0.3 is 15.2 Å². The zero-order valence-corrected chi connectivity index (χ0v) is 25.1. The van der Waals surface area contributed by atoms with E-state index in [4.69, 9.17) is 26.8 Å². The number of carbonyl (C=O) groups is 1. The highest BCUT2D eigenvalue weighted by Gasteiger charge is 2.42. The molecule has 3 aromatic carbocycles. The Bertz CT molecular complexity index is 1770. The van der Waals surface area contributed by atoms with Gasteiger partial charge in [0.1, 0.15) is 29.6 Å². The number of nitro benzene ring substituents is 1. The van der Waals surface area contributed by atoms with E-state index in [1.54, 1.807) is 12.1 Å². The Balaban J connectivity index is 1.66. The summed E-state index contributed by atoms with van der Waals surface area (Å²) in [6.07, 6.45) is 1.34. The first-order valence-electron chi connectivity index (χ1n) is 13.8. The SMILES string of the molecule is COc1ccc(N2C(N)=C(C#N)C(c3cc(C)cc(COc4ccc(Cl)cc4C)c3C)C3=C2CCCC3=O)c([N+](=O)[O-])c1. The van der Waals surface area contributed by atoms with Crippen molar-refractivity contribution in [2.24, 2.45) is 5.73 Å². The minimum Gasteiger partial charge on any atom is -0.496 e. The average Bonchev–Trinajstić information content (AvgIpc) is 2.97. The van der Waals surface area contributed by atoms with Crippen LogP contribution in [0.3, 0.4) is 0 Å². The minimum atomic E-state index is -0.725. The molecule has 1 unspecified atom stereocenters. The lowest BCUT2D eigenvalue weighted by molar-refractivity contribution is -0.384. The van der Waals surface area contributed by atoms with Crippen molar-refractivity contribution in [2.45, 2.75) is 52.6 Å². The number of hydrogen-bond acceptors (Lipinski definition) is 8. The predicted octanol–water partition coefficient (Wildman–Crippen LogP) is 7.07. The Kier molecular flexibility index (Phi) is 8.16. The summed E-state index contributed by atoms with van der Waals surface area (Å²) in [7, 11) is 1.42. The van der Waals surface area contributed by atoms with Crippen LogP contribution in [0.25, 0.3) is 0 Å². The number of allylic oxidation sites excluding steroid dienone is 3. The summed E-state index contributed by atoms with van der Waals surface area (Å²) in [6, 6.07) is 16.1. The van der Waals surface area contributed by atoms with Crippen LogP contribution in [0, 0.1) is 42.2 Å². The third-order valence-corrected chi connectivity index (χ3v) is 8.30. The number of aryl methyl sites for hydroxylation is 2. The van der Waals surface area contributed by atoms with E-state index in [-0.39, 0.29) is 35.2 Å². The van der Waals surface area contributed by atoms with Crippen molar-refractivity contribution in [3.63, 3.8) is 0 Å². The maximum atomic E-state index is 13.7. The first-order chi connectivity index (χ1) is 20.5. The van der Waals surface area contributed by atoms with Crippen LogP contribution < -0.4 is 20.1 Å². The van der Waals surface area contributed by atoms with E-state index in [0.29, 0.717) is 47.1 Å². The van der Waals surface area contributed by atoms with E-state index >= 15 is 0 Å². The highest BCUT2D eigenvalue weighted by atomic mass is 35.5. The fraction of sp³-hybridized carbons (Fsp3) is 0.273. The normalized spacial score (nSPS) is 16.6. The summed E-state index contributed by atoms with van der Waals surface area (Å²) >= 11 is 6.11. The molecule has 0 fully saturated rings. The summed E-state index contributed by atoms with van der Waals surface area (Å²) in [5.41, 5.74) is 12.2. The highest BCUT2D eigenvalue weighted by molar-refractivity contribution is 6.30. The lowest BCUT2D eigenvalue weighted by Gasteiger charge is -2.40. The number of ketones is 1. The van der Waals surface area contributed by atoms with E-state index in [9.17, 15) is 20.2 Å². The molecule has 1 aliphatic heterocycles. The molecule has 0 saturated carbocycles. The number of methoxy groups -OCH3 is 1. The molecule has 0 radical (unpaired) electrons. The summed E-state index contributed by atoms with van der Waals surface area (Å²) in [5.74, 6) is 0.238. The Morgan fingerprint density at radius 2 is 1.91 bits per heavy atom. The molecular formula is C33H31ClN4O5. The van der Waals surface area contributed by atoms with Gasteiger partial charge in [0.05, 0.1) is 35.7 Å². The molecule has 0 spiro atoms. The molecule has 0 amide bonds. The number of rotatable bonds is 7. The predicted molar refractivity (Wildman–Crippen MR) is 164 cm³/mol. The average molecular weight is 599 g/mol. The number of Topliss-reactive ketones (excluding diaryl/α,β-unsaturated/α-hetero) is 1. The van der Waals surface area contributed by atoms with Crippen molar-refractivity contribution < 1.29 is 19.2 Å². The zero-order chi connectivity index (χ0) is 31.0. The summed E-state index contributed by atoms with van der Waals surface area (Å²) in [4.78, 5) is 26.8. The summed E-state index contributed by atoms with van der Waals surface area (Å²) in [5, 5.41) is 23.2. The quantitative estimate of drug-likeness (QED) is 0.226. The van der Waals surface area contributed by atoms with Crippen molar-refractivity contribution in [3.8, 4) is 17.6 Å². The van der Waals surface area contributed by atoms with Crippen LogP contribution in [0.15, 0.2) is 71.2 Å². The monoisotopic (exact) mass is 598 g/mol. The Hall–Kier alpha value is -4.81. The number of carbonyl (C=O) groups excluding carboxylic acids is 1. The Morgan fingerprint density at radius 3 is 2.58 bits per heavy atom. The van der Waals surface area contributed by atoms with Crippen LogP contribution in [-0.4, -0.2) is 17.8 Å². The van der Waals surface area contributed by atoms with Crippen LogP contribution in [0.5, 0.6) is 11.5 Å². The smallest absolute Gasteiger partial charge is 0.296 e. The lowest BCUT2D eigenvalue weighted by atomic mass is 9.73. The van der Waals surface area contributed by atoms with Gasteiger partial charge in [-0.3, -0.25) is 19.8 Å². The number of nitrogens with two attached hydrogens (primary N) is 1. The maximum absolute atomic E-state index is 13.7. The largest absolute Gasteiger partial charge is 0.496 e. The molecule has 43 heavy (non-hydrogen) atoms. The molecule has 220 valence electrons. The molecule has 3 aromatic rings. The van der Waals surface area contributed by atoms with Crippen molar-refractivity contribution in [3.05, 3.63) is 114 Å². The first kappa shape index (κ1) is 29.7. The molecule has 5 rings (SSSR count). The molecular weight excluding hydrogens is 568 g/mol. The third kappa shape index (κ3) is 5.42. The molecule has 2 N–H and O–H groups in total. The third-order valence-electron chi connectivity index (χ3n) is 8.06. The number of ether oxygens (including phenoxy) is 2. The highest BCUT2D eigenvalue weighted by Crippen LogP contribution is 2.49. The Labute approximate surface area is 254 Å². The van der Waals surface area contributed by atoms with Crippen molar-refractivity contribution >= 4 is 28.8 Å². The maximum Gasteiger partial charge on any atom is 0.296 e. The van der Waals surface area contributed by atoms with Gasteiger partial charge in [0, 0.05) is 22.7 Å². The number of nitriles is 1. The lowest BCUT2D eigenvalue weighted by Crippen LogP contribution is -2.39. The van der Waals surface area contributed by atoms with Crippen molar-refractivity contribution in [1.29, 1.82) is 5.26 Å². The molecule has 1 atom stereocenters. The molecule has 2 aliphatic rings. The van der Waals surface area contributed by atoms with E-state index in [0.717, 1.165) is 27.8 Å². The second-order valence-corrected chi connectivity index (χ2v) is 11.2. The van der Waals surface area contributed by atoms with E-state index in [2.05, 4.69) is 6.07 Å². The summed E-state index contributed by atoms with van der Waals surface area (Å²) < 4.78 is 11.4. The number of nitrogens with zero attached hydrogens (tertiary/aromatic N) is 3. The molecule has 0 saturated heterocycles. The minimum absolute atomic E-state index is 0.0599. The number of benzene rings is 3. The molecule has 1 heterocycles. The standard InChI is InChI=1S/C33H31ClN4O5/c1-18-12-21(17-43-30-11-8-22(34)14-19(30)2)20(3)24(13-18)31-25(16-35)33(36)37(27-6-5-7-29(39)32(27)31)26-10-9-23(42-4)15-28(26)38(40)41/h8-15,31H,5-7,17,36H2,1-4H3. The second kappa shape index (κ2) is 11.8.